The van der Waals surface area contributed by atoms with Gasteiger partial charge in [-0.2, -0.15) is 0 Å². The summed E-state index contributed by atoms with van der Waals surface area (Å²) in [6.07, 6.45) is 5.28. The van der Waals surface area contributed by atoms with Gasteiger partial charge in [-0.05, 0) is 60.8 Å². The Hall–Kier alpha value is -0.870. The lowest BCUT2D eigenvalue weighted by atomic mass is 9.92. The first-order valence-corrected chi connectivity index (χ1v) is 8.88. The Morgan fingerprint density at radius 2 is 1.75 bits per heavy atom. The highest BCUT2D eigenvalue weighted by molar-refractivity contribution is 7.89. The first-order valence-electron chi connectivity index (χ1n) is 7.39. The fourth-order valence-electron chi connectivity index (χ4n) is 2.52. The number of nitrogens with one attached hydrogen (secondary N) is 1. The highest BCUT2D eigenvalue weighted by Crippen LogP contribution is 2.24. The van der Waals surface area contributed by atoms with E-state index >= 15 is 0 Å². The molecule has 0 spiro atoms. The molecule has 0 heterocycles. The SMILES string of the molecule is CC(C)(C)CCNS(=O)(=O)c1ccc2c(c1)CCCC2. The third-order valence-corrected chi connectivity index (χ3v) is 5.26. The maximum atomic E-state index is 12.3. The maximum absolute atomic E-state index is 12.3. The van der Waals surface area contributed by atoms with E-state index in [9.17, 15) is 8.42 Å². The molecular weight excluding hydrogens is 270 g/mol. The molecule has 2 rings (SSSR count). The van der Waals surface area contributed by atoms with E-state index in [0.29, 0.717) is 11.4 Å². The monoisotopic (exact) mass is 295 g/mol. The third-order valence-electron chi connectivity index (χ3n) is 3.80. The fourth-order valence-corrected chi connectivity index (χ4v) is 3.60. The molecule has 0 amide bonds. The molecule has 1 aliphatic rings. The highest BCUT2D eigenvalue weighted by atomic mass is 32.2. The highest BCUT2D eigenvalue weighted by Gasteiger charge is 2.18. The predicted molar refractivity (Wildman–Crippen MR) is 82.3 cm³/mol. The van der Waals surface area contributed by atoms with Crippen LogP contribution in [0, 0.1) is 5.41 Å². The van der Waals surface area contributed by atoms with E-state index in [1.807, 2.05) is 12.1 Å². The van der Waals surface area contributed by atoms with E-state index in [1.54, 1.807) is 6.07 Å². The van der Waals surface area contributed by atoms with Gasteiger partial charge in [0.25, 0.3) is 0 Å². The summed E-state index contributed by atoms with van der Waals surface area (Å²) in [5.41, 5.74) is 2.65. The lowest BCUT2D eigenvalue weighted by molar-refractivity contribution is 0.378. The van der Waals surface area contributed by atoms with Crippen molar-refractivity contribution in [3.63, 3.8) is 0 Å². The van der Waals surface area contributed by atoms with Gasteiger partial charge in [0, 0.05) is 6.54 Å². The number of sulfonamides is 1. The van der Waals surface area contributed by atoms with Gasteiger partial charge >= 0.3 is 0 Å². The molecule has 1 aromatic carbocycles. The number of fused-ring (bicyclic) bond motifs is 1. The largest absolute Gasteiger partial charge is 0.240 e. The van der Waals surface area contributed by atoms with Gasteiger partial charge in [-0.15, -0.1) is 0 Å². The van der Waals surface area contributed by atoms with E-state index in [4.69, 9.17) is 0 Å². The second-order valence-electron chi connectivity index (χ2n) is 6.85. The minimum absolute atomic E-state index is 0.137. The molecule has 0 radical (unpaired) electrons. The maximum Gasteiger partial charge on any atom is 0.240 e. The van der Waals surface area contributed by atoms with Crippen LogP contribution in [0.2, 0.25) is 0 Å². The lowest BCUT2D eigenvalue weighted by Gasteiger charge is -2.19. The Balaban J connectivity index is 2.09. The van der Waals surface area contributed by atoms with E-state index in [2.05, 4.69) is 25.5 Å². The molecule has 0 bridgehead atoms. The lowest BCUT2D eigenvalue weighted by Crippen LogP contribution is -2.27. The molecule has 1 aliphatic carbocycles. The number of benzene rings is 1. The summed E-state index contributed by atoms with van der Waals surface area (Å²) < 4.78 is 27.3. The average Bonchev–Trinajstić information content (AvgIpc) is 2.36. The van der Waals surface area contributed by atoms with E-state index < -0.39 is 10.0 Å². The van der Waals surface area contributed by atoms with Gasteiger partial charge < -0.3 is 0 Å². The van der Waals surface area contributed by atoms with Crippen molar-refractivity contribution in [2.75, 3.05) is 6.54 Å². The van der Waals surface area contributed by atoms with Crippen LogP contribution >= 0.6 is 0 Å². The smallest absolute Gasteiger partial charge is 0.211 e. The summed E-state index contributed by atoms with van der Waals surface area (Å²) in [4.78, 5) is 0.409. The average molecular weight is 295 g/mol. The summed E-state index contributed by atoms with van der Waals surface area (Å²) in [5.74, 6) is 0. The Morgan fingerprint density at radius 3 is 2.40 bits per heavy atom. The zero-order chi connectivity index (χ0) is 14.8. The Kier molecular flexibility index (Phi) is 4.55. The van der Waals surface area contributed by atoms with Crippen LogP contribution in [0.1, 0.15) is 51.2 Å². The van der Waals surface area contributed by atoms with Gasteiger partial charge in [0.15, 0.2) is 0 Å². The standard InChI is InChI=1S/C16H25NO2S/c1-16(2,3)10-11-17-20(18,19)15-9-8-13-6-4-5-7-14(13)12-15/h8-9,12,17H,4-7,10-11H2,1-3H3. The van der Waals surface area contributed by atoms with Crippen LogP contribution < -0.4 is 4.72 Å². The molecule has 3 nitrogen and oxygen atoms in total. The quantitative estimate of drug-likeness (QED) is 0.926. The molecule has 0 unspecified atom stereocenters. The third kappa shape index (κ3) is 4.06. The van der Waals surface area contributed by atoms with Crippen LogP contribution in [0.25, 0.3) is 0 Å². The van der Waals surface area contributed by atoms with Crippen molar-refractivity contribution in [3.05, 3.63) is 29.3 Å². The fraction of sp³-hybridized carbons (Fsp3) is 0.625. The predicted octanol–water partition coefficient (Wildman–Crippen LogP) is 3.28. The van der Waals surface area contributed by atoms with Crippen molar-refractivity contribution in [1.82, 2.24) is 4.72 Å². The molecular formula is C16H25NO2S. The molecule has 0 aromatic heterocycles. The topological polar surface area (TPSA) is 46.2 Å². The first kappa shape index (κ1) is 15.5. The Morgan fingerprint density at radius 1 is 1.10 bits per heavy atom. The molecule has 0 atom stereocenters. The van der Waals surface area contributed by atoms with Crippen LogP contribution in [-0.2, 0) is 22.9 Å². The molecule has 4 heteroatoms. The Bertz CT molecular complexity index is 571. The van der Waals surface area contributed by atoms with Crippen LogP contribution in [0.5, 0.6) is 0 Å². The minimum Gasteiger partial charge on any atom is -0.211 e. The summed E-state index contributed by atoms with van der Waals surface area (Å²) in [6.45, 7) is 6.82. The second-order valence-corrected chi connectivity index (χ2v) is 8.61. The molecule has 0 aliphatic heterocycles. The number of hydrogen-bond acceptors (Lipinski definition) is 2. The summed E-state index contributed by atoms with van der Waals surface area (Å²) in [6, 6.07) is 5.57. The van der Waals surface area contributed by atoms with Crippen molar-refractivity contribution >= 4 is 10.0 Å². The van der Waals surface area contributed by atoms with Crippen molar-refractivity contribution in [3.8, 4) is 0 Å². The van der Waals surface area contributed by atoms with Crippen molar-refractivity contribution < 1.29 is 8.42 Å². The Labute approximate surface area is 122 Å². The zero-order valence-corrected chi connectivity index (χ0v) is 13.5. The molecule has 0 saturated carbocycles. The van der Waals surface area contributed by atoms with Gasteiger partial charge in [-0.3, -0.25) is 0 Å². The van der Waals surface area contributed by atoms with Gasteiger partial charge in [0.2, 0.25) is 10.0 Å². The van der Waals surface area contributed by atoms with Crippen LogP contribution in [0.4, 0.5) is 0 Å². The molecule has 0 saturated heterocycles. The number of hydrogen-bond donors (Lipinski definition) is 1. The zero-order valence-electron chi connectivity index (χ0n) is 12.7. The normalized spacial score (nSPS) is 15.9. The van der Waals surface area contributed by atoms with E-state index in [1.165, 1.54) is 17.5 Å². The van der Waals surface area contributed by atoms with Gasteiger partial charge in [-0.25, -0.2) is 13.1 Å². The molecule has 112 valence electrons. The summed E-state index contributed by atoms with van der Waals surface area (Å²) in [7, 11) is -3.37. The van der Waals surface area contributed by atoms with Crippen molar-refractivity contribution in [2.45, 2.75) is 57.8 Å². The summed E-state index contributed by atoms with van der Waals surface area (Å²) in [5, 5.41) is 0. The van der Waals surface area contributed by atoms with Gasteiger partial charge in [0.1, 0.15) is 0 Å². The van der Waals surface area contributed by atoms with Crippen LogP contribution in [0.15, 0.2) is 23.1 Å². The van der Waals surface area contributed by atoms with Crippen molar-refractivity contribution in [2.24, 2.45) is 5.41 Å². The van der Waals surface area contributed by atoms with Crippen LogP contribution in [0.3, 0.4) is 0 Å². The first-order chi connectivity index (χ1) is 9.28. The van der Waals surface area contributed by atoms with Gasteiger partial charge in [0.05, 0.1) is 4.90 Å². The molecule has 1 aromatic rings. The second kappa shape index (κ2) is 5.86. The van der Waals surface area contributed by atoms with Gasteiger partial charge in [-0.1, -0.05) is 26.8 Å². The molecule has 20 heavy (non-hydrogen) atoms. The minimum atomic E-state index is -3.37. The molecule has 1 N–H and O–H groups in total. The van der Waals surface area contributed by atoms with E-state index in [-0.39, 0.29) is 5.41 Å². The van der Waals surface area contributed by atoms with Crippen molar-refractivity contribution in [1.29, 1.82) is 0 Å². The molecule has 0 fully saturated rings. The number of aryl methyl sites for hydroxylation is 2. The summed E-state index contributed by atoms with van der Waals surface area (Å²) >= 11 is 0. The van der Waals surface area contributed by atoms with Crippen LogP contribution in [-0.4, -0.2) is 15.0 Å². The van der Waals surface area contributed by atoms with E-state index in [0.717, 1.165) is 25.7 Å². The number of rotatable bonds is 4.